The standard InChI is InChI=1S/C25H31N3O2/c1-26-15-10-25(24(26)30)11-16-27(17-12-25)22-7-5-6-19-18-20(8-9-21(19)22)23(29)28-13-3-2-4-14-28/h5-9,18H,2-4,10-17H2,1H3. The van der Waals surface area contributed by atoms with E-state index in [1.165, 1.54) is 17.5 Å². The van der Waals surface area contributed by atoms with Gasteiger partial charge in [0, 0.05) is 56.4 Å². The van der Waals surface area contributed by atoms with Gasteiger partial charge in [-0.25, -0.2) is 0 Å². The van der Waals surface area contributed by atoms with Gasteiger partial charge in [-0.05, 0) is 62.1 Å². The number of amides is 2. The largest absolute Gasteiger partial charge is 0.371 e. The minimum absolute atomic E-state index is 0.135. The van der Waals surface area contributed by atoms with Gasteiger partial charge in [-0.1, -0.05) is 18.2 Å². The first-order valence-corrected chi connectivity index (χ1v) is 11.4. The van der Waals surface area contributed by atoms with Crippen LogP contribution in [0.2, 0.25) is 0 Å². The highest BCUT2D eigenvalue weighted by Gasteiger charge is 2.46. The van der Waals surface area contributed by atoms with Crippen LogP contribution in [0, 0.1) is 5.41 Å². The first-order valence-electron chi connectivity index (χ1n) is 11.4. The predicted octanol–water partition coefficient (Wildman–Crippen LogP) is 3.91. The Labute approximate surface area is 178 Å². The van der Waals surface area contributed by atoms with Crippen molar-refractivity contribution >= 4 is 28.3 Å². The van der Waals surface area contributed by atoms with Crippen LogP contribution in [-0.4, -0.2) is 61.4 Å². The fourth-order valence-corrected chi connectivity index (χ4v) is 5.59. The molecule has 3 aliphatic rings. The van der Waals surface area contributed by atoms with Crippen molar-refractivity contribution in [1.29, 1.82) is 0 Å². The zero-order chi connectivity index (χ0) is 20.7. The van der Waals surface area contributed by atoms with Crippen LogP contribution in [0.4, 0.5) is 5.69 Å². The minimum Gasteiger partial charge on any atom is -0.371 e. The number of carbonyl (C=O) groups excluding carboxylic acids is 2. The van der Waals surface area contributed by atoms with Crippen molar-refractivity contribution in [3.8, 4) is 0 Å². The number of piperidine rings is 2. The van der Waals surface area contributed by atoms with Crippen LogP contribution in [-0.2, 0) is 4.79 Å². The molecule has 0 aliphatic carbocycles. The molecule has 3 heterocycles. The second-order valence-electron chi connectivity index (χ2n) is 9.31. The molecule has 3 aliphatic heterocycles. The van der Waals surface area contributed by atoms with E-state index in [1.54, 1.807) is 0 Å². The number of fused-ring (bicyclic) bond motifs is 1. The summed E-state index contributed by atoms with van der Waals surface area (Å²) in [6.07, 6.45) is 6.30. The maximum Gasteiger partial charge on any atom is 0.253 e. The van der Waals surface area contributed by atoms with E-state index in [0.29, 0.717) is 5.91 Å². The number of rotatable bonds is 2. The van der Waals surface area contributed by atoms with E-state index >= 15 is 0 Å². The van der Waals surface area contributed by atoms with Gasteiger partial charge in [0.25, 0.3) is 5.91 Å². The zero-order valence-corrected chi connectivity index (χ0v) is 17.9. The molecule has 5 heteroatoms. The van der Waals surface area contributed by atoms with E-state index in [1.807, 2.05) is 22.9 Å². The summed E-state index contributed by atoms with van der Waals surface area (Å²) < 4.78 is 0. The monoisotopic (exact) mass is 405 g/mol. The van der Waals surface area contributed by atoms with Crippen molar-refractivity contribution < 1.29 is 9.59 Å². The fraction of sp³-hybridized carbons (Fsp3) is 0.520. The molecule has 0 N–H and O–H groups in total. The van der Waals surface area contributed by atoms with Crippen molar-refractivity contribution in [2.45, 2.75) is 38.5 Å². The van der Waals surface area contributed by atoms with Gasteiger partial charge in [0.05, 0.1) is 5.41 Å². The van der Waals surface area contributed by atoms with Crippen LogP contribution in [0.5, 0.6) is 0 Å². The second kappa shape index (κ2) is 7.60. The molecule has 1 spiro atoms. The molecule has 5 rings (SSSR count). The lowest BCUT2D eigenvalue weighted by Gasteiger charge is -2.39. The van der Waals surface area contributed by atoms with Crippen LogP contribution in [0.3, 0.4) is 0 Å². The van der Waals surface area contributed by atoms with Gasteiger partial charge in [-0.2, -0.15) is 0 Å². The van der Waals surface area contributed by atoms with Gasteiger partial charge in [0.1, 0.15) is 0 Å². The Morgan fingerprint density at radius 3 is 2.33 bits per heavy atom. The minimum atomic E-state index is -0.135. The van der Waals surface area contributed by atoms with Gasteiger partial charge in [-0.3, -0.25) is 9.59 Å². The zero-order valence-electron chi connectivity index (χ0n) is 17.9. The Morgan fingerprint density at radius 1 is 0.900 bits per heavy atom. The van der Waals surface area contributed by atoms with Crippen LogP contribution >= 0.6 is 0 Å². The Kier molecular flexibility index (Phi) is 4.92. The highest BCUT2D eigenvalue weighted by Crippen LogP contribution is 2.42. The molecule has 5 nitrogen and oxygen atoms in total. The van der Waals surface area contributed by atoms with Gasteiger partial charge in [-0.15, -0.1) is 0 Å². The summed E-state index contributed by atoms with van der Waals surface area (Å²) in [5.41, 5.74) is 1.88. The van der Waals surface area contributed by atoms with Gasteiger partial charge < -0.3 is 14.7 Å². The molecule has 2 aromatic carbocycles. The van der Waals surface area contributed by atoms with Crippen LogP contribution < -0.4 is 4.90 Å². The molecule has 2 aromatic rings. The summed E-state index contributed by atoms with van der Waals surface area (Å²) in [5.74, 6) is 0.492. The lowest BCUT2D eigenvalue weighted by molar-refractivity contribution is -0.135. The molecule has 2 amide bonds. The third-order valence-corrected chi connectivity index (χ3v) is 7.54. The lowest BCUT2D eigenvalue weighted by Crippen LogP contribution is -2.44. The van der Waals surface area contributed by atoms with Crippen LogP contribution in [0.25, 0.3) is 10.8 Å². The van der Waals surface area contributed by atoms with Crippen LogP contribution in [0.1, 0.15) is 48.9 Å². The molecule has 0 saturated carbocycles. The lowest BCUT2D eigenvalue weighted by atomic mass is 9.77. The maximum atomic E-state index is 12.9. The van der Waals surface area contributed by atoms with Crippen molar-refractivity contribution in [2.24, 2.45) is 5.41 Å². The van der Waals surface area contributed by atoms with E-state index in [0.717, 1.165) is 75.8 Å². The average Bonchev–Trinajstić information content (AvgIpc) is 3.07. The second-order valence-corrected chi connectivity index (χ2v) is 9.31. The molecule has 158 valence electrons. The molecular formula is C25H31N3O2. The first-order chi connectivity index (χ1) is 14.6. The molecule has 0 radical (unpaired) electrons. The van der Waals surface area contributed by atoms with Gasteiger partial charge in [0.2, 0.25) is 5.91 Å². The third kappa shape index (κ3) is 3.24. The number of likely N-dealkylation sites (tertiary alicyclic amines) is 2. The molecule has 3 saturated heterocycles. The SMILES string of the molecule is CN1CCC2(CCN(c3cccc4cc(C(=O)N5CCCCC5)ccc34)CC2)C1=O. The van der Waals surface area contributed by atoms with E-state index in [9.17, 15) is 9.59 Å². The van der Waals surface area contributed by atoms with Gasteiger partial charge >= 0.3 is 0 Å². The topological polar surface area (TPSA) is 43.9 Å². The van der Waals surface area contributed by atoms with Crippen molar-refractivity contribution in [1.82, 2.24) is 9.80 Å². The van der Waals surface area contributed by atoms with Crippen LogP contribution in [0.15, 0.2) is 36.4 Å². The third-order valence-electron chi connectivity index (χ3n) is 7.54. The van der Waals surface area contributed by atoms with E-state index in [4.69, 9.17) is 0 Å². The summed E-state index contributed by atoms with van der Waals surface area (Å²) >= 11 is 0. The van der Waals surface area contributed by atoms with Gasteiger partial charge in [0.15, 0.2) is 0 Å². The highest BCUT2D eigenvalue weighted by atomic mass is 16.2. The molecule has 30 heavy (non-hydrogen) atoms. The smallest absolute Gasteiger partial charge is 0.253 e. The average molecular weight is 406 g/mol. The molecule has 0 unspecified atom stereocenters. The summed E-state index contributed by atoms with van der Waals surface area (Å²) in [5, 5.41) is 2.31. The predicted molar refractivity (Wildman–Crippen MR) is 120 cm³/mol. The van der Waals surface area contributed by atoms with E-state index < -0.39 is 0 Å². The van der Waals surface area contributed by atoms with E-state index in [-0.39, 0.29) is 11.3 Å². The number of hydrogen-bond acceptors (Lipinski definition) is 3. The number of nitrogens with zero attached hydrogens (tertiary/aromatic N) is 3. The summed E-state index contributed by atoms with van der Waals surface area (Å²) in [6, 6.07) is 12.5. The molecule has 0 aromatic heterocycles. The summed E-state index contributed by atoms with van der Waals surface area (Å²) in [6.45, 7) is 4.46. The Bertz CT molecular complexity index is 972. The summed E-state index contributed by atoms with van der Waals surface area (Å²) in [4.78, 5) is 31.9. The highest BCUT2D eigenvalue weighted by molar-refractivity contribution is 6.02. The normalized spacial score (nSPS) is 21.6. The van der Waals surface area contributed by atoms with Crippen molar-refractivity contribution in [3.63, 3.8) is 0 Å². The summed E-state index contributed by atoms with van der Waals surface area (Å²) in [7, 11) is 1.93. The quantitative estimate of drug-likeness (QED) is 0.761. The Hall–Kier alpha value is -2.56. The fourth-order valence-electron chi connectivity index (χ4n) is 5.59. The number of anilines is 1. The van der Waals surface area contributed by atoms with E-state index in [2.05, 4.69) is 35.2 Å². The number of hydrogen-bond donors (Lipinski definition) is 0. The molecule has 0 bridgehead atoms. The molecular weight excluding hydrogens is 374 g/mol. The number of benzene rings is 2. The Morgan fingerprint density at radius 2 is 1.63 bits per heavy atom. The number of carbonyl (C=O) groups is 2. The van der Waals surface area contributed by atoms with Crippen molar-refractivity contribution in [3.05, 3.63) is 42.0 Å². The first kappa shape index (κ1) is 19.4. The maximum absolute atomic E-state index is 12.9. The molecule has 3 fully saturated rings. The van der Waals surface area contributed by atoms with Crippen molar-refractivity contribution in [2.75, 3.05) is 44.7 Å². The Balaban J connectivity index is 1.37. The molecule has 0 atom stereocenters.